The molecule has 1 aromatic heterocycles. The van der Waals surface area contributed by atoms with Gasteiger partial charge in [-0.15, -0.1) is 11.3 Å². The Bertz CT molecular complexity index is 759. The summed E-state index contributed by atoms with van der Waals surface area (Å²) in [6.07, 6.45) is 3.37. The van der Waals surface area contributed by atoms with Gasteiger partial charge >= 0.3 is 0 Å². The summed E-state index contributed by atoms with van der Waals surface area (Å²) in [5.41, 5.74) is 0. The van der Waals surface area contributed by atoms with Crippen LogP contribution in [0.2, 0.25) is 5.02 Å². The number of benzene rings is 1. The molecule has 0 amide bonds. The Labute approximate surface area is 171 Å². The van der Waals surface area contributed by atoms with Crippen LogP contribution in [0.3, 0.4) is 0 Å². The van der Waals surface area contributed by atoms with Gasteiger partial charge in [-0.3, -0.25) is 9.80 Å². The number of halogens is 1. The maximum Gasteiger partial charge on any atom is 0.0637 e. The second-order valence-corrected chi connectivity index (χ2v) is 9.52. The van der Waals surface area contributed by atoms with Crippen LogP contribution in [-0.2, 0) is 6.54 Å². The zero-order valence-corrected chi connectivity index (χ0v) is 17.7. The fourth-order valence-electron chi connectivity index (χ4n) is 4.66. The second-order valence-electron chi connectivity index (χ2n) is 8.01. The molecular weight excluding hydrogens is 378 g/mol. The number of rotatable bonds is 5. The molecule has 0 bridgehead atoms. The third-order valence-corrected chi connectivity index (χ3v) is 7.90. The van der Waals surface area contributed by atoms with Crippen molar-refractivity contribution in [2.45, 2.75) is 37.9 Å². The molecule has 27 heavy (non-hydrogen) atoms. The summed E-state index contributed by atoms with van der Waals surface area (Å²) < 4.78 is 1.27. The maximum absolute atomic E-state index is 9.62. The van der Waals surface area contributed by atoms with Crippen molar-refractivity contribution < 1.29 is 5.11 Å². The Morgan fingerprint density at radius 2 is 1.93 bits per heavy atom. The van der Waals surface area contributed by atoms with E-state index >= 15 is 0 Å². The van der Waals surface area contributed by atoms with Crippen LogP contribution in [-0.4, -0.2) is 78.3 Å². The van der Waals surface area contributed by atoms with Crippen LogP contribution in [0.4, 0.5) is 0 Å². The molecular formula is C21H30ClN3OS. The van der Waals surface area contributed by atoms with Gasteiger partial charge in [-0.1, -0.05) is 29.8 Å². The molecule has 0 aliphatic carbocycles. The van der Waals surface area contributed by atoms with Gasteiger partial charge in [-0.2, -0.15) is 0 Å². The molecule has 4 nitrogen and oxygen atoms in total. The van der Waals surface area contributed by atoms with Crippen LogP contribution < -0.4 is 0 Å². The van der Waals surface area contributed by atoms with Gasteiger partial charge in [0.15, 0.2) is 0 Å². The molecule has 3 heterocycles. The standard InChI is InChI=1S/C21H30ClN3OS/c1-23-9-6-16(7-10-23)25-12-11-24(14-17(25)8-13-26)15-20-21(22)18-4-2-3-5-19(18)27-20/h2-5,16-17,26H,6-15H2,1H3. The summed E-state index contributed by atoms with van der Waals surface area (Å²) in [6.45, 7) is 6.77. The molecule has 1 atom stereocenters. The lowest BCUT2D eigenvalue weighted by Crippen LogP contribution is -2.58. The number of nitrogens with zero attached hydrogens (tertiary/aromatic N) is 3. The normalized spacial score (nSPS) is 24.0. The molecule has 2 aliphatic heterocycles. The van der Waals surface area contributed by atoms with E-state index in [1.165, 1.54) is 40.9 Å². The molecule has 4 rings (SSSR count). The molecule has 2 aromatic rings. The van der Waals surface area contributed by atoms with Crippen molar-refractivity contribution >= 4 is 33.0 Å². The first-order valence-corrected chi connectivity index (χ1v) is 11.3. The minimum Gasteiger partial charge on any atom is -0.396 e. The molecule has 2 fully saturated rings. The summed E-state index contributed by atoms with van der Waals surface area (Å²) in [5, 5.41) is 11.7. The Balaban J connectivity index is 1.44. The first kappa shape index (κ1) is 19.6. The Kier molecular flexibility index (Phi) is 6.37. The smallest absolute Gasteiger partial charge is 0.0637 e. The number of thiophene rings is 1. The summed E-state index contributed by atoms with van der Waals surface area (Å²) in [7, 11) is 2.22. The first-order chi connectivity index (χ1) is 13.2. The van der Waals surface area contributed by atoms with Crippen molar-refractivity contribution in [2.24, 2.45) is 0 Å². The van der Waals surface area contributed by atoms with Gasteiger partial charge in [0.2, 0.25) is 0 Å². The van der Waals surface area contributed by atoms with Crippen LogP contribution in [0, 0.1) is 0 Å². The van der Waals surface area contributed by atoms with E-state index in [1.807, 2.05) is 11.3 Å². The highest BCUT2D eigenvalue weighted by molar-refractivity contribution is 7.19. The van der Waals surface area contributed by atoms with Gasteiger partial charge in [-0.05, 0) is 45.5 Å². The number of hydrogen-bond acceptors (Lipinski definition) is 5. The number of piperazine rings is 1. The van der Waals surface area contributed by atoms with E-state index in [0.29, 0.717) is 12.1 Å². The van der Waals surface area contributed by atoms with Crippen LogP contribution in [0.1, 0.15) is 24.1 Å². The maximum atomic E-state index is 9.62. The summed E-state index contributed by atoms with van der Waals surface area (Å²) in [5.74, 6) is 0. The quantitative estimate of drug-likeness (QED) is 0.821. The van der Waals surface area contributed by atoms with Crippen molar-refractivity contribution in [3.63, 3.8) is 0 Å². The Morgan fingerprint density at radius 3 is 2.67 bits per heavy atom. The largest absolute Gasteiger partial charge is 0.396 e. The minimum atomic E-state index is 0.269. The van der Waals surface area contributed by atoms with Gasteiger partial charge in [0.1, 0.15) is 0 Å². The number of aliphatic hydroxyl groups excluding tert-OH is 1. The van der Waals surface area contributed by atoms with Gasteiger partial charge < -0.3 is 10.0 Å². The predicted octanol–water partition coefficient (Wildman–Crippen LogP) is 3.52. The van der Waals surface area contributed by atoms with Crippen molar-refractivity contribution in [1.29, 1.82) is 0 Å². The van der Waals surface area contributed by atoms with Crippen molar-refractivity contribution in [3.8, 4) is 0 Å². The van der Waals surface area contributed by atoms with Crippen molar-refractivity contribution in [3.05, 3.63) is 34.2 Å². The topological polar surface area (TPSA) is 30.0 Å². The molecule has 2 aliphatic rings. The van der Waals surface area contributed by atoms with Gasteiger partial charge in [0, 0.05) is 59.8 Å². The monoisotopic (exact) mass is 407 g/mol. The minimum absolute atomic E-state index is 0.269. The lowest BCUT2D eigenvalue weighted by Gasteiger charge is -2.47. The highest BCUT2D eigenvalue weighted by atomic mass is 35.5. The first-order valence-electron chi connectivity index (χ1n) is 10.1. The number of likely N-dealkylation sites (tertiary alicyclic amines) is 1. The lowest BCUT2D eigenvalue weighted by molar-refractivity contribution is 0.00630. The third-order valence-electron chi connectivity index (χ3n) is 6.20. The van der Waals surface area contributed by atoms with Crippen LogP contribution in [0.15, 0.2) is 24.3 Å². The van der Waals surface area contributed by atoms with Crippen molar-refractivity contribution in [2.75, 3.05) is 46.4 Å². The highest BCUT2D eigenvalue weighted by Crippen LogP contribution is 2.36. The van der Waals surface area contributed by atoms with E-state index < -0.39 is 0 Å². The van der Waals surface area contributed by atoms with Gasteiger partial charge in [0.25, 0.3) is 0 Å². The predicted molar refractivity (Wildman–Crippen MR) is 115 cm³/mol. The van der Waals surface area contributed by atoms with E-state index in [4.69, 9.17) is 11.6 Å². The van der Waals surface area contributed by atoms with E-state index in [1.54, 1.807) is 0 Å². The van der Waals surface area contributed by atoms with Crippen LogP contribution in [0.5, 0.6) is 0 Å². The Morgan fingerprint density at radius 1 is 1.15 bits per heavy atom. The molecule has 0 spiro atoms. The number of hydrogen-bond donors (Lipinski definition) is 1. The second kappa shape index (κ2) is 8.76. The summed E-state index contributed by atoms with van der Waals surface area (Å²) in [4.78, 5) is 8.92. The zero-order valence-electron chi connectivity index (χ0n) is 16.1. The summed E-state index contributed by atoms with van der Waals surface area (Å²) in [6, 6.07) is 9.53. The average Bonchev–Trinajstić information content (AvgIpc) is 2.99. The molecule has 1 aromatic carbocycles. The molecule has 2 saturated heterocycles. The van der Waals surface area contributed by atoms with Crippen LogP contribution in [0.25, 0.3) is 10.1 Å². The van der Waals surface area contributed by atoms with Crippen LogP contribution >= 0.6 is 22.9 Å². The van der Waals surface area contributed by atoms with Gasteiger partial charge in [0.05, 0.1) is 5.02 Å². The fourth-order valence-corrected chi connectivity index (χ4v) is 6.20. The van der Waals surface area contributed by atoms with Crippen molar-refractivity contribution in [1.82, 2.24) is 14.7 Å². The Hall–Kier alpha value is -0.690. The van der Waals surface area contributed by atoms with E-state index in [0.717, 1.165) is 37.6 Å². The lowest BCUT2D eigenvalue weighted by atomic mass is 9.98. The third kappa shape index (κ3) is 4.34. The number of fused-ring (bicyclic) bond motifs is 1. The molecule has 6 heteroatoms. The molecule has 1 unspecified atom stereocenters. The molecule has 0 saturated carbocycles. The van der Waals surface area contributed by atoms with Gasteiger partial charge in [-0.25, -0.2) is 0 Å². The number of piperidine rings is 1. The zero-order chi connectivity index (χ0) is 18.8. The van der Waals surface area contributed by atoms with E-state index in [9.17, 15) is 5.11 Å². The summed E-state index contributed by atoms with van der Waals surface area (Å²) >= 11 is 8.49. The number of aliphatic hydroxyl groups is 1. The van der Waals surface area contributed by atoms with E-state index in [2.05, 4.69) is 46.0 Å². The van der Waals surface area contributed by atoms with E-state index in [-0.39, 0.29) is 6.61 Å². The SMILES string of the molecule is CN1CCC(N2CCN(Cc3sc4ccccc4c3Cl)CC2CCO)CC1. The average molecular weight is 408 g/mol. The molecule has 1 N–H and O–H groups in total. The fraction of sp³-hybridized carbons (Fsp3) is 0.619. The highest BCUT2D eigenvalue weighted by Gasteiger charge is 2.33. The molecule has 0 radical (unpaired) electrons. The molecule has 148 valence electrons.